The molecule has 1 aromatic rings. The molecule has 0 saturated carbocycles. The first-order valence-electron chi connectivity index (χ1n) is 3.26. The predicted octanol–water partition coefficient (Wildman–Crippen LogP) is 3.62. The molecule has 0 aliphatic carbocycles. The van der Waals surface area contributed by atoms with E-state index in [2.05, 4.69) is 6.92 Å². The summed E-state index contributed by atoms with van der Waals surface area (Å²) in [5, 5.41) is 0. The summed E-state index contributed by atoms with van der Waals surface area (Å²) in [6.07, 6.45) is 0. The van der Waals surface area contributed by atoms with E-state index in [0.717, 1.165) is 6.07 Å². The predicted molar refractivity (Wildman–Crippen MR) is 42.8 cm³/mol. The van der Waals surface area contributed by atoms with Crippen LogP contribution in [0.15, 0.2) is 23.1 Å². The Bertz CT molecular complexity index is 285. The van der Waals surface area contributed by atoms with Gasteiger partial charge in [0.05, 0.1) is 4.90 Å². The highest BCUT2D eigenvalue weighted by Gasteiger charge is 2.31. The van der Waals surface area contributed by atoms with Crippen molar-refractivity contribution >= 4 is 11.8 Å². The highest BCUT2D eigenvalue weighted by atomic mass is 32.2. The molecule has 71 valence electrons. The maximum atomic E-state index is 12.8. The fourth-order valence-corrected chi connectivity index (χ4v) is 1.38. The van der Waals surface area contributed by atoms with Crippen molar-refractivity contribution in [3.63, 3.8) is 0 Å². The lowest BCUT2D eigenvalue weighted by atomic mass is 10.2. The fourth-order valence-electron chi connectivity index (χ4n) is 0.784. The van der Waals surface area contributed by atoms with Gasteiger partial charge in [-0.1, -0.05) is 12.1 Å². The molecule has 0 N–H and O–H groups in total. The van der Waals surface area contributed by atoms with Gasteiger partial charge in [-0.05, 0) is 30.3 Å². The second kappa shape index (κ2) is 3.57. The zero-order valence-electron chi connectivity index (χ0n) is 6.36. The van der Waals surface area contributed by atoms with Gasteiger partial charge in [0.1, 0.15) is 5.82 Å². The molecule has 0 aliphatic rings. The number of halogens is 4. The van der Waals surface area contributed by atoms with E-state index in [9.17, 15) is 17.6 Å². The van der Waals surface area contributed by atoms with Gasteiger partial charge in [0, 0.05) is 0 Å². The van der Waals surface area contributed by atoms with E-state index in [1.807, 2.05) is 0 Å². The molecule has 0 aliphatic heterocycles. The fraction of sp³-hybridized carbons (Fsp3) is 0.125. The molecule has 1 rings (SSSR count). The van der Waals surface area contributed by atoms with Crippen LogP contribution < -0.4 is 0 Å². The van der Waals surface area contributed by atoms with Crippen LogP contribution in [0, 0.1) is 12.7 Å². The maximum absolute atomic E-state index is 12.8. The molecule has 5 heteroatoms. The summed E-state index contributed by atoms with van der Waals surface area (Å²) in [5.74, 6) is -0.894. The van der Waals surface area contributed by atoms with Crippen molar-refractivity contribution in [3.8, 4) is 0 Å². The van der Waals surface area contributed by atoms with Crippen LogP contribution in [0.2, 0.25) is 0 Å². The zero-order valence-corrected chi connectivity index (χ0v) is 7.18. The van der Waals surface area contributed by atoms with Gasteiger partial charge in [-0.2, -0.15) is 13.2 Å². The number of rotatable bonds is 1. The molecule has 0 nitrogen and oxygen atoms in total. The van der Waals surface area contributed by atoms with E-state index in [4.69, 9.17) is 0 Å². The molecule has 1 radical (unpaired) electrons. The van der Waals surface area contributed by atoms with E-state index in [1.54, 1.807) is 0 Å². The lowest BCUT2D eigenvalue weighted by Gasteiger charge is -2.08. The first-order chi connectivity index (χ1) is 5.90. The Balaban J connectivity index is 3.00. The summed E-state index contributed by atoms with van der Waals surface area (Å²) in [4.78, 5) is -0.463. The lowest BCUT2D eigenvalue weighted by Crippen LogP contribution is -2.01. The molecule has 1 aromatic carbocycles. The zero-order chi connectivity index (χ0) is 10.1. The quantitative estimate of drug-likeness (QED) is 0.502. The standard InChI is InChI=1S/C8H5F4S/c1-5-3-2-4-6(9)7(5)13-8(10,11)12/h2-4H,1H2. The highest BCUT2D eigenvalue weighted by Crippen LogP contribution is 2.39. The number of hydrogen-bond acceptors (Lipinski definition) is 1. The third kappa shape index (κ3) is 2.91. The Morgan fingerprint density at radius 1 is 1.23 bits per heavy atom. The Kier molecular flexibility index (Phi) is 2.85. The highest BCUT2D eigenvalue weighted by molar-refractivity contribution is 8.00. The van der Waals surface area contributed by atoms with Crippen LogP contribution in [-0.2, 0) is 0 Å². The molecule has 0 unspecified atom stereocenters. The van der Waals surface area contributed by atoms with Gasteiger partial charge in [0.25, 0.3) is 0 Å². The van der Waals surface area contributed by atoms with Crippen molar-refractivity contribution in [1.82, 2.24) is 0 Å². The van der Waals surface area contributed by atoms with Gasteiger partial charge in [0.2, 0.25) is 0 Å². The van der Waals surface area contributed by atoms with E-state index in [1.165, 1.54) is 12.1 Å². The molecular formula is C8H5F4S. The lowest BCUT2D eigenvalue weighted by molar-refractivity contribution is -0.0329. The Labute approximate surface area is 76.9 Å². The van der Waals surface area contributed by atoms with E-state index >= 15 is 0 Å². The molecule has 0 amide bonds. The van der Waals surface area contributed by atoms with Crippen LogP contribution >= 0.6 is 11.8 Å². The maximum Gasteiger partial charge on any atom is 0.446 e. The van der Waals surface area contributed by atoms with E-state index < -0.39 is 28.0 Å². The summed E-state index contributed by atoms with van der Waals surface area (Å²) in [6.45, 7) is 3.30. The van der Waals surface area contributed by atoms with E-state index in [0.29, 0.717) is 0 Å². The topological polar surface area (TPSA) is 0 Å². The van der Waals surface area contributed by atoms with Gasteiger partial charge < -0.3 is 0 Å². The van der Waals surface area contributed by atoms with Crippen molar-refractivity contribution in [3.05, 3.63) is 36.5 Å². The minimum atomic E-state index is -4.48. The van der Waals surface area contributed by atoms with Gasteiger partial charge in [-0.25, -0.2) is 4.39 Å². The van der Waals surface area contributed by atoms with Gasteiger partial charge in [-0.3, -0.25) is 0 Å². The average Bonchev–Trinajstić information content (AvgIpc) is 1.95. The van der Waals surface area contributed by atoms with Crippen molar-refractivity contribution < 1.29 is 17.6 Å². The van der Waals surface area contributed by atoms with Crippen LogP contribution in [0.5, 0.6) is 0 Å². The summed E-state index contributed by atoms with van der Waals surface area (Å²) in [6, 6.07) is 3.62. The molecule has 13 heavy (non-hydrogen) atoms. The molecule has 0 spiro atoms. The smallest absolute Gasteiger partial charge is 0.206 e. The van der Waals surface area contributed by atoms with Crippen molar-refractivity contribution in [2.24, 2.45) is 0 Å². The van der Waals surface area contributed by atoms with Crippen LogP contribution in [0.3, 0.4) is 0 Å². The second-order valence-corrected chi connectivity index (χ2v) is 3.35. The Morgan fingerprint density at radius 2 is 1.85 bits per heavy atom. The van der Waals surface area contributed by atoms with Crippen molar-refractivity contribution in [2.45, 2.75) is 10.4 Å². The van der Waals surface area contributed by atoms with Crippen LogP contribution in [-0.4, -0.2) is 5.51 Å². The molecule has 0 aromatic heterocycles. The number of thioether (sulfide) groups is 1. The first-order valence-corrected chi connectivity index (χ1v) is 4.08. The summed E-state index contributed by atoms with van der Waals surface area (Å²) < 4.78 is 48.4. The van der Waals surface area contributed by atoms with Crippen molar-refractivity contribution in [2.75, 3.05) is 0 Å². The normalized spacial score (nSPS) is 11.8. The third-order valence-corrected chi connectivity index (χ3v) is 2.16. The molecule has 0 saturated heterocycles. The first kappa shape index (κ1) is 10.4. The Morgan fingerprint density at radius 3 is 2.31 bits per heavy atom. The van der Waals surface area contributed by atoms with Crippen molar-refractivity contribution in [1.29, 1.82) is 0 Å². The summed E-state index contributed by atoms with van der Waals surface area (Å²) in [7, 11) is 0. The summed E-state index contributed by atoms with van der Waals surface area (Å²) in [5.41, 5.74) is -4.43. The van der Waals surface area contributed by atoms with Gasteiger partial charge in [-0.15, -0.1) is 0 Å². The molecule has 0 heterocycles. The second-order valence-electron chi connectivity index (χ2n) is 2.28. The van der Waals surface area contributed by atoms with Crippen LogP contribution in [0.25, 0.3) is 0 Å². The molecule has 0 bridgehead atoms. The third-order valence-electron chi connectivity index (χ3n) is 1.27. The average molecular weight is 209 g/mol. The molecule has 0 atom stereocenters. The number of hydrogen-bond donors (Lipinski definition) is 0. The van der Waals surface area contributed by atoms with Gasteiger partial charge in [0.15, 0.2) is 0 Å². The minimum absolute atomic E-state index is 0.0438. The van der Waals surface area contributed by atoms with Gasteiger partial charge >= 0.3 is 5.51 Å². The number of benzene rings is 1. The largest absolute Gasteiger partial charge is 0.446 e. The number of alkyl halides is 3. The Hall–Kier alpha value is -0.710. The molecular weight excluding hydrogens is 204 g/mol. The monoisotopic (exact) mass is 209 g/mol. The van der Waals surface area contributed by atoms with Crippen LogP contribution in [0.4, 0.5) is 17.6 Å². The SMILES string of the molecule is [CH2]c1cccc(F)c1SC(F)(F)F. The molecule has 0 fully saturated rings. The van der Waals surface area contributed by atoms with E-state index in [-0.39, 0.29) is 5.56 Å². The summed E-state index contributed by atoms with van der Waals surface area (Å²) >= 11 is -0.484. The van der Waals surface area contributed by atoms with Crippen LogP contribution in [0.1, 0.15) is 5.56 Å². The minimum Gasteiger partial charge on any atom is -0.206 e.